The fraction of sp³-hybridized carbons (Fsp3) is 0.615. The molecule has 1 aliphatic heterocycles. The Morgan fingerprint density at radius 2 is 2.05 bits per heavy atom. The fourth-order valence-corrected chi connectivity index (χ4v) is 3.43. The molecule has 0 aromatic carbocycles. The molecule has 1 fully saturated rings. The van der Waals surface area contributed by atoms with Crippen molar-refractivity contribution in [3.63, 3.8) is 0 Å². The van der Waals surface area contributed by atoms with Crippen LogP contribution in [0.5, 0.6) is 0 Å². The Hall–Kier alpha value is -0.790. The van der Waals surface area contributed by atoms with E-state index in [1.807, 2.05) is 0 Å². The van der Waals surface area contributed by atoms with Crippen LogP contribution in [0.4, 0.5) is 13.2 Å². The average molecular weight is 306 g/mol. The van der Waals surface area contributed by atoms with Crippen LogP contribution in [-0.4, -0.2) is 33.7 Å². The van der Waals surface area contributed by atoms with Crippen LogP contribution in [0.25, 0.3) is 0 Å². The van der Waals surface area contributed by atoms with E-state index < -0.39 is 17.3 Å². The molecule has 2 rings (SSSR count). The largest absolute Gasteiger partial charge is 0.418 e. The average Bonchev–Trinajstić information content (AvgIpc) is 2.39. The van der Waals surface area contributed by atoms with Crippen molar-refractivity contribution in [2.45, 2.75) is 31.2 Å². The van der Waals surface area contributed by atoms with Crippen LogP contribution in [-0.2, 0) is 12.7 Å². The van der Waals surface area contributed by atoms with Crippen molar-refractivity contribution in [3.05, 3.63) is 29.6 Å². The van der Waals surface area contributed by atoms with Gasteiger partial charge in [-0.25, -0.2) is 0 Å². The molecule has 0 bridgehead atoms. The fourth-order valence-electron chi connectivity index (χ4n) is 2.18. The third-order valence-electron chi connectivity index (χ3n) is 3.37. The topological polar surface area (TPSA) is 45.1 Å². The first-order valence-corrected chi connectivity index (χ1v) is 7.58. The van der Waals surface area contributed by atoms with Gasteiger partial charge in [0.2, 0.25) is 0 Å². The van der Waals surface area contributed by atoms with E-state index >= 15 is 0 Å². The Kier molecular flexibility index (Phi) is 4.93. The summed E-state index contributed by atoms with van der Waals surface area (Å²) in [4.78, 5) is 3.78. The molecule has 1 aromatic heterocycles. The SMILES string of the molecule is OC1(CNCc2ncccc2C(F)(F)F)CCSCC1. The number of pyridine rings is 1. The van der Waals surface area contributed by atoms with Gasteiger partial charge < -0.3 is 10.4 Å². The van der Waals surface area contributed by atoms with Gasteiger partial charge in [-0.3, -0.25) is 4.98 Å². The minimum Gasteiger partial charge on any atom is -0.389 e. The number of hydrogen-bond donors (Lipinski definition) is 2. The number of rotatable bonds is 4. The molecule has 1 aromatic rings. The lowest BCUT2D eigenvalue weighted by molar-refractivity contribution is -0.138. The number of thioether (sulfide) groups is 1. The predicted molar refractivity (Wildman–Crippen MR) is 72.5 cm³/mol. The number of halogens is 3. The van der Waals surface area contributed by atoms with Gasteiger partial charge in [-0.1, -0.05) is 0 Å². The summed E-state index contributed by atoms with van der Waals surface area (Å²) >= 11 is 1.78. The molecule has 1 aliphatic rings. The van der Waals surface area contributed by atoms with Gasteiger partial charge in [-0.15, -0.1) is 0 Å². The molecule has 2 heterocycles. The normalized spacial score (nSPS) is 19.0. The molecule has 1 saturated heterocycles. The highest BCUT2D eigenvalue weighted by atomic mass is 32.2. The van der Waals surface area contributed by atoms with Gasteiger partial charge in [0.25, 0.3) is 0 Å². The first kappa shape index (κ1) is 15.6. The van der Waals surface area contributed by atoms with Gasteiger partial charge in [-0.05, 0) is 36.5 Å². The molecule has 7 heteroatoms. The van der Waals surface area contributed by atoms with E-state index in [1.54, 1.807) is 11.8 Å². The molecule has 0 aliphatic carbocycles. The molecular weight excluding hydrogens is 289 g/mol. The van der Waals surface area contributed by atoms with E-state index in [4.69, 9.17) is 0 Å². The highest BCUT2D eigenvalue weighted by Crippen LogP contribution is 2.31. The van der Waals surface area contributed by atoms with Crippen molar-refractivity contribution in [1.82, 2.24) is 10.3 Å². The summed E-state index contributed by atoms with van der Waals surface area (Å²) in [5, 5.41) is 13.2. The maximum absolute atomic E-state index is 12.8. The lowest BCUT2D eigenvalue weighted by Crippen LogP contribution is -2.43. The lowest BCUT2D eigenvalue weighted by atomic mass is 9.97. The van der Waals surface area contributed by atoms with E-state index in [0.717, 1.165) is 17.6 Å². The molecule has 2 N–H and O–H groups in total. The third kappa shape index (κ3) is 4.10. The zero-order valence-corrected chi connectivity index (χ0v) is 11.7. The van der Waals surface area contributed by atoms with Crippen molar-refractivity contribution in [3.8, 4) is 0 Å². The summed E-state index contributed by atoms with van der Waals surface area (Å²) in [6, 6.07) is 2.30. The molecule has 112 valence electrons. The molecule has 0 spiro atoms. The van der Waals surface area contributed by atoms with E-state index in [-0.39, 0.29) is 12.2 Å². The van der Waals surface area contributed by atoms with E-state index in [0.29, 0.717) is 19.4 Å². The summed E-state index contributed by atoms with van der Waals surface area (Å²) in [5.41, 5.74) is -1.56. The zero-order valence-electron chi connectivity index (χ0n) is 10.9. The van der Waals surface area contributed by atoms with Crippen molar-refractivity contribution in [2.75, 3.05) is 18.1 Å². The monoisotopic (exact) mass is 306 g/mol. The van der Waals surface area contributed by atoms with Crippen LogP contribution in [0.1, 0.15) is 24.1 Å². The van der Waals surface area contributed by atoms with Crippen LogP contribution < -0.4 is 5.32 Å². The summed E-state index contributed by atoms with van der Waals surface area (Å²) in [6.07, 6.45) is -1.72. The second-order valence-corrected chi connectivity index (χ2v) is 6.16. The molecular formula is C13H17F3N2OS. The summed E-state index contributed by atoms with van der Waals surface area (Å²) in [5.74, 6) is 1.77. The van der Waals surface area contributed by atoms with Gasteiger partial charge >= 0.3 is 6.18 Å². The van der Waals surface area contributed by atoms with E-state index in [1.165, 1.54) is 12.3 Å². The molecule has 0 radical (unpaired) electrons. The van der Waals surface area contributed by atoms with Crippen LogP contribution in [0.15, 0.2) is 18.3 Å². The zero-order chi connectivity index (χ0) is 14.6. The minimum absolute atomic E-state index is 0.00510. The van der Waals surface area contributed by atoms with Crippen LogP contribution in [0.2, 0.25) is 0 Å². The third-order valence-corrected chi connectivity index (χ3v) is 4.35. The summed E-state index contributed by atoms with van der Waals surface area (Å²) < 4.78 is 38.4. The maximum atomic E-state index is 12.8. The first-order chi connectivity index (χ1) is 9.41. The molecule has 20 heavy (non-hydrogen) atoms. The Morgan fingerprint density at radius 3 is 2.70 bits per heavy atom. The second kappa shape index (κ2) is 6.32. The van der Waals surface area contributed by atoms with Crippen LogP contribution >= 0.6 is 11.8 Å². The molecule has 3 nitrogen and oxygen atoms in total. The van der Waals surface area contributed by atoms with Crippen molar-refractivity contribution >= 4 is 11.8 Å². The molecule has 0 unspecified atom stereocenters. The van der Waals surface area contributed by atoms with Gasteiger partial charge in [0.15, 0.2) is 0 Å². The Bertz CT molecular complexity index is 447. The maximum Gasteiger partial charge on any atom is 0.418 e. The van der Waals surface area contributed by atoms with Crippen molar-refractivity contribution in [2.24, 2.45) is 0 Å². The quantitative estimate of drug-likeness (QED) is 0.897. The number of aliphatic hydroxyl groups is 1. The molecule has 0 saturated carbocycles. The number of alkyl halides is 3. The second-order valence-electron chi connectivity index (χ2n) is 4.94. The highest BCUT2D eigenvalue weighted by Gasteiger charge is 2.34. The smallest absolute Gasteiger partial charge is 0.389 e. The lowest BCUT2D eigenvalue weighted by Gasteiger charge is -2.32. The van der Waals surface area contributed by atoms with Gasteiger partial charge in [0.1, 0.15) is 0 Å². The number of aromatic nitrogens is 1. The Morgan fingerprint density at radius 1 is 1.35 bits per heavy atom. The van der Waals surface area contributed by atoms with Crippen LogP contribution in [0, 0.1) is 0 Å². The number of hydrogen-bond acceptors (Lipinski definition) is 4. The Labute approximate surface area is 120 Å². The van der Waals surface area contributed by atoms with Gasteiger partial charge in [-0.2, -0.15) is 24.9 Å². The minimum atomic E-state index is -4.40. The van der Waals surface area contributed by atoms with Gasteiger partial charge in [0.05, 0.1) is 16.9 Å². The van der Waals surface area contributed by atoms with Gasteiger partial charge in [0, 0.05) is 19.3 Å². The van der Waals surface area contributed by atoms with E-state index in [9.17, 15) is 18.3 Å². The van der Waals surface area contributed by atoms with Crippen LogP contribution in [0.3, 0.4) is 0 Å². The summed E-state index contributed by atoms with van der Waals surface area (Å²) in [7, 11) is 0. The predicted octanol–water partition coefficient (Wildman–Crippen LogP) is 2.45. The number of nitrogens with zero attached hydrogens (tertiary/aromatic N) is 1. The molecule has 0 atom stereocenters. The van der Waals surface area contributed by atoms with Crippen molar-refractivity contribution < 1.29 is 18.3 Å². The standard InChI is InChI=1S/C13H17F3N2OS/c14-13(15,16)10-2-1-5-18-11(10)8-17-9-12(19)3-6-20-7-4-12/h1-2,5,17,19H,3-4,6-9H2. The molecule has 0 amide bonds. The first-order valence-electron chi connectivity index (χ1n) is 6.43. The highest BCUT2D eigenvalue weighted by molar-refractivity contribution is 7.99. The summed E-state index contributed by atoms with van der Waals surface area (Å²) in [6.45, 7) is 0.298. The number of nitrogens with one attached hydrogen (secondary N) is 1. The van der Waals surface area contributed by atoms with E-state index in [2.05, 4.69) is 10.3 Å². The Balaban J connectivity index is 1.94. The van der Waals surface area contributed by atoms with Crippen molar-refractivity contribution in [1.29, 1.82) is 0 Å².